The first-order valence-electron chi connectivity index (χ1n) is 6.54. The molecule has 6 heteroatoms. The molecule has 3 rings (SSSR count). The van der Waals surface area contributed by atoms with Gasteiger partial charge in [0.15, 0.2) is 12.0 Å². The molecule has 0 spiro atoms. The predicted octanol–water partition coefficient (Wildman–Crippen LogP) is 1.72. The second kappa shape index (κ2) is 4.30. The van der Waals surface area contributed by atoms with E-state index in [0.717, 1.165) is 23.5 Å². The lowest BCUT2D eigenvalue weighted by Gasteiger charge is -2.13. The van der Waals surface area contributed by atoms with Gasteiger partial charge in [-0.05, 0) is 12.8 Å². The molecule has 102 valence electrons. The van der Waals surface area contributed by atoms with Crippen molar-refractivity contribution in [2.24, 2.45) is 4.99 Å². The number of rotatable bonds is 2. The van der Waals surface area contributed by atoms with Crippen molar-refractivity contribution < 1.29 is 4.79 Å². The lowest BCUT2D eigenvalue weighted by atomic mass is 9.98. The number of hydrogen-bond donors (Lipinski definition) is 2. The molecule has 1 aromatic heterocycles. The summed E-state index contributed by atoms with van der Waals surface area (Å²) in [6, 6.07) is -0.00744. The Hall–Kier alpha value is -1.43. The van der Waals surface area contributed by atoms with Crippen LogP contribution in [0.2, 0.25) is 0 Å². The van der Waals surface area contributed by atoms with E-state index in [1.165, 1.54) is 0 Å². The van der Waals surface area contributed by atoms with Gasteiger partial charge in [0.05, 0.1) is 10.7 Å². The first-order chi connectivity index (χ1) is 8.93. The maximum atomic E-state index is 11.9. The minimum absolute atomic E-state index is 0.0107. The fourth-order valence-electron chi connectivity index (χ4n) is 1.86. The van der Waals surface area contributed by atoms with Crippen LogP contribution in [0.3, 0.4) is 0 Å². The average molecular weight is 278 g/mol. The van der Waals surface area contributed by atoms with Crippen molar-refractivity contribution in [1.29, 1.82) is 0 Å². The third-order valence-corrected chi connectivity index (χ3v) is 4.40. The van der Waals surface area contributed by atoms with Crippen molar-refractivity contribution in [3.05, 3.63) is 16.1 Å². The van der Waals surface area contributed by atoms with E-state index in [9.17, 15) is 4.79 Å². The third-order valence-electron chi connectivity index (χ3n) is 3.11. The summed E-state index contributed by atoms with van der Waals surface area (Å²) in [5.74, 6) is 0.511. The number of hydrogen-bond acceptors (Lipinski definition) is 5. The predicted molar refractivity (Wildman–Crippen MR) is 75.3 cm³/mol. The van der Waals surface area contributed by atoms with Gasteiger partial charge in [0.1, 0.15) is 0 Å². The van der Waals surface area contributed by atoms with Crippen LogP contribution in [0.25, 0.3) is 0 Å². The van der Waals surface area contributed by atoms with Crippen LogP contribution in [-0.2, 0) is 10.2 Å². The van der Waals surface area contributed by atoms with E-state index >= 15 is 0 Å². The van der Waals surface area contributed by atoms with Gasteiger partial charge in [-0.1, -0.05) is 20.8 Å². The fourth-order valence-corrected chi connectivity index (χ4v) is 2.78. The number of thiazole rings is 1. The van der Waals surface area contributed by atoms with Crippen LogP contribution in [0.4, 0.5) is 0 Å². The molecule has 2 heterocycles. The molecule has 1 aliphatic heterocycles. The van der Waals surface area contributed by atoms with Crippen molar-refractivity contribution in [2.75, 3.05) is 0 Å². The number of guanidine groups is 1. The molecular formula is C13H18N4OS. The van der Waals surface area contributed by atoms with Crippen LogP contribution in [0.1, 0.15) is 50.4 Å². The van der Waals surface area contributed by atoms with Crippen molar-refractivity contribution in [2.45, 2.75) is 51.1 Å². The van der Waals surface area contributed by atoms with E-state index in [2.05, 4.69) is 41.4 Å². The minimum atomic E-state index is -0.492. The molecule has 1 amide bonds. The lowest BCUT2D eigenvalue weighted by molar-refractivity contribution is -0.120. The first kappa shape index (κ1) is 12.6. The highest BCUT2D eigenvalue weighted by Gasteiger charge is 2.33. The van der Waals surface area contributed by atoms with E-state index in [4.69, 9.17) is 0 Å². The van der Waals surface area contributed by atoms with Crippen LogP contribution >= 0.6 is 11.3 Å². The zero-order chi connectivity index (χ0) is 13.6. The van der Waals surface area contributed by atoms with Gasteiger partial charge in [-0.25, -0.2) is 9.98 Å². The second-order valence-electron chi connectivity index (χ2n) is 6.12. The summed E-state index contributed by atoms with van der Waals surface area (Å²) < 4.78 is 0. The maximum Gasteiger partial charge on any atom is 0.257 e. The highest BCUT2D eigenvalue weighted by molar-refractivity contribution is 7.09. The van der Waals surface area contributed by atoms with Gasteiger partial charge >= 0.3 is 0 Å². The molecule has 1 aromatic rings. The molecule has 1 saturated carbocycles. The largest absolute Gasteiger partial charge is 0.353 e. The standard InChI is InChI=1S/C13H18N4OS/c1-13(2,3)11-15-8(6-19-11)9-10(18)17-12(16-9)14-7-4-5-7/h6-7,9H,4-5H2,1-3H3,(H2,14,16,17,18). The second-order valence-corrected chi connectivity index (χ2v) is 6.97. The van der Waals surface area contributed by atoms with Crippen molar-refractivity contribution in [1.82, 2.24) is 15.6 Å². The summed E-state index contributed by atoms with van der Waals surface area (Å²) in [5, 5.41) is 8.98. The van der Waals surface area contributed by atoms with Crippen LogP contribution in [-0.4, -0.2) is 22.9 Å². The zero-order valence-electron chi connectivity index (χ0n) is 11.4. The number of aliphatic imine (C=N–C) groups is 1. The smallest absolute Gasteiger partial charge is 0.257 e. The number of aromatic nitrogens is 1. The molecule has 1 fully saturated rings. The fraction of sp³-hybridized carbons (Fsp3) is 0.615. The molecular weight excluding hydrogens is 260 g/mol. The van der Waals surface area contributed by atoms with E-state index < -0.39 is 6.04 Å². The van der Waals surface area contributed by atoms with Gasteiger partial charge in [-0.2, -0.15) is 0 Å². The van der Waals surface area contributed by atoms with Crippen molar-refractivity contribution >= 4 is 23.2 Å². The van der Waals surface area contributed by atoms with Gasteiger partial charge in [0.25, 0.3) is 5.91 Å². The summed E-state index contributed by atoms with van der Waals surface area (Å²) in [6.45, 7) is 6.36. The van der Waals surface area contributed by atoms with Gasteiger partial charge < -0.3 is 5.32 Å². The maximum absolute atomic E-state index is 11.9. The molecule has 19 heavy (non-hydrogen) atoms. The van der Waals surface area contributed by atoms with E-state index in [1.54, 1.807) is 11.3 Å². The monoisotopic (exact) mass is 278 g/mol. The lowest BCUT2D eigenvalue weighted by Crippen LogP contribution is -2.37. The number of carbonyl (C=O) groups excluding carboxylic acids is 1. The number of amides is 1. The molecule has 0 saturated heterocycles. The topological polar surface area (TPSA) is 66.4 Å². The molecule has 2 N–H and O–H groups in total. The molecule has 1 atom stereocenters. The molecule has 2 aliphatic rings. The van der Waals surface area contributed by atoms with Gasteiger partial charge in [0.2, 0.25) is 0 Å². The normalized spacial score (nSPS) is 23.2. The van der Waals surface area contributed by atoms with Crippen LogP contribution in [0, 0.1) is 0 Å². The van der Waals surface area contributed by atoms with Gasteiger partial charge in [-0.3, -0.25) is 10.1 Å². The summed E-state index contributed by atoms with van der Waals surface area (Å²) in [4.78, 5) is 20.9. The average Bonchev–Trinajstić information content (AvgIpc) is 2.86. The van der Waals surface area contributed by atoms with E-state index in [-0.39, 0.29) is 11.3 Å². The highest BCUT2D eigenvalue weighted by Crippen LogP contribution is 2.30. The quantitative estimate of drug-likeness (QED) is 0.865. The summed E-state index contributed by atoms with van der Waals surface area (Å²) in [5.41, 5.74) is 0.761. The SMILES string of the molecule is CC(C)(C)c1nc(C2N=C(NC3CC3)NC2=O)cs1. The van der Waals surface area contributed by atoms with E-state index in [0.29, 0.717) is 12.0 Å². The summed E-state index contributed by atoms with van der Waals surface area (Å²) in [6.07, 6.45) is 2.31. The third kappa shape index (κ3) is 2.63. The Bertz CT molecular complexity index is 539. The Labute approximate surface area is 116 Å². The minimum Gasteiger partial charge on any atom is -0.353 e. The molecule has 5 nitrogen and oxygen atoms in total. The van der Waals surface area contributed by atoms with Gasteiger partial charge in [0, 0.05) is 16.8 Å². The molecule has 1 aliphatic carbocycles. The number of nitrogens with one attached hydrogen (secondary N) is 2. The van der Waals surface area contributed by atoms with Crippen LogP contribution in [0.15, 0.2) is 10.4 Å². The molecule has 1 unspecified atom stereocenters. The number of nitrogens with zero attached hydrogens (tertiary/aromatic N) is 2. The Balaban J connectivity index is 1.79. The Kier molecular flexibility index (Phi) is 2.85. The highest BCUT2D eigenvalue weighted by atomic mass is 32.1. The Morgan fingerprint density at radius 3 is 2.74 bits per heavy atom. The summed E-state index contributed by atoms with van der Waals surface area (Å²) >= 11 is 1.59. The van der Waals surface area contributed by atoms with Crippen LogP contribution in [0.5, 0.6) is 0 Å². The molecule has 0 radical (unpaired) electrons. The number of carbonyl (C=O) groups is 1. The van der Waals surface area contributed by atoms with Gasteiger partial charge in [-0.15, -0.1) is 11.3 Å². The molecule has 0 aromatic carbocycles. The van der Waals surface area contributed by atoms with E-state index in [1.807, 2.05) is 5.38 Å². The summed E-state index contributed by atoms with van der Waals surface area (Å²) in [7, 11) is 0. The Morgan fingerprint density at radius 1 is 1.42 bits per heavy atom. The van der Waals surface area contributed by atoms with Crippen molar-refractivity contribution in [3.8, 4) is 0 Å². The van der Waals surface area contributed by atoms with Crippen molar-refractivity contribution in [3.63, 3.8) is 0 Å². The first-order valence-corrected chi connectivity index (χ1v) is 7.42. The zero-order valence-corrected chi connectivity index (χ0v) is 12.2. The van der Waals surface area contributed by atoms with Crippen LogP contribution < -0.4 is 10.6 Å². The Morgan fingerprint density at radius 2 is 2.16 bits per heavy atom. The molecule has 0 bridgehead atoms.